The van der Waals surface area contributed by atoms with Gasteiger partial charge >= 0.3 is 0 Å². The summed E-state index contributed by atoms with van der Waals surface area (Å²) in [6, 6.07) is 3.36. The highest BCUT2D eigenvalue weighted by Gasteiger charge is 2.32. The average Bonchev–Trinajstić information content (AvgIpc) is 2.74. The van der Waals surface area contributed by atoms with E-state index in [0.717, 1.165) is 0 Å². The van der Waals surface area contributed by atoms with Crippen molar-refractivity contribution in [2.75, 3.05) is 13.2 Å². The van der Waals surface area contributed by atoms with Gasteiger partial charge in [0, 0.05) is 23.2 Å². The van der Waals surface area contributed by atoms with Crippen molar-refractivity contribution in [3.05, 3.63) is 33.6 Å². The first-order valence-electron chi connectivity index (χ1n) is 6.64. The van der Waals surface area contributed by atoms with E-state index in [4.69, 9.17) is 27.9 Å². The van der Waals surface area contributed by atoms with Crippen LogP contribution in [0.4, 0.5) is 4.39 Å². The summed E-state index contributed by atoms with van der Waals surface area (Å²) in [6.07, 6.45) is 3.45. The van der Waals surface area contributed by atoms with Crippen LogP contribution >= 0.6 is 23.2 Å². The Labute approximate surface area is 122 Å². The summed E-state index contributed by atoms with van der Waals surface area (Å²) in [5, 5.41) is 4.03. The van der Waals surface area contributed by atoms with Crippen LogP contribution in [0.25, 0.3) is 0 Å². The fourth-order valence-corrected chi connectivity index (χ4v) is 3.55. The molecule has 19 heavy (non-hydrogen) atoms. The molecule has 0 amide bonds. The smallest absolute Gasteiger partial charge is 0.142 e. The topological polar surface area (TPSA) is 21.3 Å². The van der Waals surface area contributed by atoms with E-state index in [1.54, 1.807) is 0 Å². The number of hydrogen-bond donors (Lipinski definition) is 1. The number of ether oxygens (including phenoxy) is 1. The molecule has 3 unspecified atom stereocenters. The third-order valence-corrected chi connectivity index (χ3v) is 4.74. The predicted octanol–water partition coefficient (Wildman–Crippen LogP) is 3.96. The van der Waals surface area contributed by atoms with E-state index in [-0.39, 0.29) is 11.1 Å². The van der Waals surface area contributed by atoms with Crippen LogP contribution in [0.1, 0.15) is 30.9 Å². The van der Waals surface area contributed by atoms with Gasteiger partial charge in [-0.3, -0.25) is 0 Å². The molecule has 104 valence electrons. The number of benzene rings is 1. The van der Waals surface area contributed by atoms with Crippen LogP contribution in [0.5, 0.6) is 0 Å². The largest absolute Gasteiger partial charge is 0.372 e. The summed E-state index contributed by atoms with van der Waals surface area (Å²) in [7, 11) is 0. The van der Waals surface area contributed by atoms with Gasteiger partial charge in [-0.05, 0) is 30.9 Å². The fourth-order valence-electron chi connectivity index (χ4n) is 3.05. The summed E-state index contributed by atoms with van der Waals surface area (Å²) in [5.41, 5.74) is 0.677. The Morgan fingerprint density at radius 1 is 1.21 bits per heavy atom. The van der Waals surface area contributed by atoms with Gasteiger partial charge in [-0.2, -0.15) is 0 Å². The molecule has 0 radical (unpaired) electrons. The van der Waals surface area contributed by atoms with E-state index < -0.39 is 5.82 Å². The van der Waals surface area contributed by atoms with E-state index >= 15 is 0 Å². The standard InChI is InChI=1S/C14H16Cl2FNO/c15-10-5-11(16)12(17)4-9(10)14-6-18-13-3-1-2-8(13)7-19-14/h4-5,8,13-14,18H,1-3,6-7H2. The van der Waals surface area contributed by atoms with Crippen molar-refractivity contribution in [1.82, 2.24) is 5.32 Å². The normalized spacial score (nSPS) is 31.0. The zero-order valence-corrected chi connectivity index (χ0v) is 12.0. The minimum atomic E-state index is -0.450. The van der Waals surface area contributed by atoms with Crippen LogP contribution < -0.4 is 5.32 Å². The minimum Gasteiger partial charge on any atom is -0.372 e. The maximum atomic E-state index is 13.6. The van der Waals surface area contributed by atoms with Crippen LogP contribution in [0, 0.1) is 11.7 Å². The average molecular weight is 304 g/mol. The third-order valence-electron chi connectivity index (χ3n) is 4.12. The molecule has 1 saturated carbocycles. The molecule has 0 aromatic heterocycles. The second-order valence-electron chi connectivity index (χ2n) is 5.32. The van der Waals surface area contributed by atoms with Gasteiger partial charge in [0.05, 0.1) is 17.7 Å². The number of halogens is 3. The second-order valence-corrected chi connectivity index (χ2v) is 6.13. The summed E-state index contributed by atoms with van der Waals surface area (Å²) >= 11 is 11.9. The summed E-state index contributed by atoms with van der Waals surface area (Å²) in [4.78, 5) is 0. The lowest BCUT2D eigenvalue weighted by Crippen LogP contribution is -2.32. The van der Waals surface area contributed by atoms with Crippen molar-refractivity contribution in [3.63, 3.8) is 0 Å². The molecule has 2 fully saturated rings. The molecule has 1 aliphatic carbocycles. The monoisotopic (exact) mass is 303 g/mol. The highest BCUT2D eigenvalue weighted by Crippen LogP contribution is 2.34. The van der Waals surface area contributed by atoms with Gasteiger partial charge in [-0.1, -0.05) is 29.6 Å². The van der Waals surface area contributed by atoms with Crippen molar-refractivity contribution < 1.29 is 9.13 Å². The molecule has 5 heteroatoms. The molecule has 1 N–H and O–H groups in total. The van der Waals surface area contributed by atoms with Crippen LogP contribution in [0.15, 0.2) is 12.1 Å². The maximum absolute atomic E-state index is 13.6. The summed E-state index contributed by atoms with van der Waals surface area (Å²) < 4.78 is 19.5. The molecule has 3 atom stereocenters. The van der Waals surface area contributed by atoms with E-state index in [0.29, 0.717) is 35.7 Å². The molecule has 3 rings (SSSR count). The van der Waals surface area contributed by atoms with Gasteiger partial charge in [0.15, 0.2) is 0 Å². The first-order valence-corrected chi connectivity index (χ1v) is 7.40. The summed E-state index contributed by atoms with van der Waals surface area (Å²) in [5.74, 6) is 0.120. The van der Waals surface area contributed by atoms with Gasteiger partial charge in [-0.15, -0.1) is 0 Å². The Kier molecular flexibility index (Phi) is 3.99. The van der Waals surface area contributed by atoms with Crippen molar-refractivity contribution in [2.45, 2.75) is 31.4 Å². The van der Waals surface area contributed by atoms with E-state index in [1.807, 2.05) is 0 Å². The third kappa shape index (κ3) is 2.75. The van der Waals surface area contributed by atoms with Gasteiger partial charge < -0.3 is 10.1 Å². The van der Waals surface area contributed by atoms with Crippen LogP contribution in [0.2, 0.25) is 10.0 Å². The zero-order chi connectivity index (χ0) is 13.4. The molecule has 0 spiro atoms. The molecular formula is C14H16Cl2FNO. The fraction of sp³-hybridized carbons (Fsp3) is 0.571. The lowest BCUT2D eigenvalue weighted by atomic mass is 10.1. The molecule has 1 saturated heterocycles. The van der Waals surface area contributed by atoms with E-state index in [1.165, 1.54) is 31.4 Å². The summed E-state index contributed by atoms with van der Waals surface area (Å²) in [6.45, 7) is 1.38. The highest BCUT2D eigenvalue weighted by atomic mass is 35.5. The Bertz CT molecular complexity index is 469. The molecule has 1 aromatic rings. The van der Waals surface area contributed by atoms with Crippen molar-refractivity contribution in [3.8, 4) is 0 Å². The Hall–Kier alpha value is -0.350. The van der Waals surface area contributed by atoms with Crippen molar-refractivity contribution in [2.24, 2.45) is 5.92 Å². The van der Waals surface area contributed by atoms with Gasteiger partial charge in [0.1, 0.15) is 5.82 Å². The van der Waals surface area contributed by atoms with Crippen molar-refractivity contribution >= 4 is 23.2 Å². The quantitative estimate of drug-likeness (QED) is 0.793. The highest BCUT2D eigenvalue weighted by molar-refractivity contribution is 6.35. The van der Waals surface area contributed by atoms with Crippen molar-refractivity contribution in [1.29, 1.82) is 0 Å². The maximum Gasteiger partial charge on any atom is 0.142 e. The number of rotatable bonds is 1. The second kappa shape index (κ2) is 5.57. The number of fused-ring (bicyclic) bond motifs is 1. The van der Waals surface area contributed by atoms with Gasteiger partial charge in [0.2, 0.25) is 0 Å². The van der Waals surface area contributed by atoms with E-state index in [2.05, 4.69) is 5.32 Å². The van der Waals surface area contributed by atoms with Gasteiger partial charge in [0.25, 0.3) is 0 Å². The van der Waals surface area contributed by atoms with Crippen LogP contribution in [-0.4, -0.2) is 19.2 Å². The minimum absolute atomic E-state index is 0.0483. The van der Waals surface area contributed by atoms with Crippen LogP contribution in [-0.2, 0) is 4.74 Å². The lowest BCUT2D eigenvalue weighted by Gasteiger charge is -2.18. The zero-order valence-electron chi connectivity index (χ0n) is 10.5. The molecule has 1 heterocycles. The molecule has 1 aromatic carbocycles. The van der Waals surface area contributed by atoms with Gasteiger partial charge in [-0.25, -0.2) is 4.39 Å². The molecule has 0 bridgehead atoms. The molecular weight excluding hydrogens is 288 g/mol. The molecule has 2 aliphatic rings. The predicted molar refractivity (Wildman–Crippen MR) is 74.2 cm³/mol. The SMILES string of the molecule is Fc1cc(C2CNC3CCCC3CO2)c(Cl)cc1Cl. The molecule has 2 nitrogen and oxygen atoms in total. The molecule has 1 aliphatic heterocycles. The number of nitrogens with one attached hydrogen (secondary N) is 1. The first-order chi connectivity index (χ1) is 9.15. The van der Waals surface area contributed by atoms with Crippen LogP contribution in [0.3, 0.4) is 0 Å². The first kappa shape index (κ1) is 13.6. The Morgan fingerprint density at radius 2 is 2.05 bits per heavy atom. The number of hydrogen-bond acceptors (Lipinski definition) is 2. The van der Waals surface area contributed by atoms with E-state index in [9.17, 15) is 4.39 Å². The lowest BCUT2D eigenvalue weighted by molar-refractivity contribution is 0.0473. The Morgan fingerprint density at radius 3 is 2.89 bits per heavy atom. The Balaban J connectivity index is 1.81.